The molecule has 1 aromatic carbocycles. The molecule has 24 heavy (non-hydrogen) atoms. The predicted octanol–water partition coefficient (Wildman–Crippen LogP) is 4.09. The van der Waals surface area contributed by atoms with E-state index in [9.17, 15) is 4.79 Å². The van der Waals surface area contributed by atoms with Gasteiger partial charge in [0, 0.05) is 30.9 Å². The van der Waals surface area contributed by atoms with Gasteiger partial charge in [0.05, 0.1) is 0 Å². The monoisotopic (exact) mass is 375 g/mol. The van der Waals surface area contributed by atoms with E-state index in [0.29, 0.717) is 18.4 Å². The lowest BCUT2D eigenvalue weighted by molar-refractivity contribution is -0.116. The van der Waals surface area contributed by atoms with Gasteiger partial charge in [-0.05, 0) is 70.3 Å². The molecular formula is C18H31Cl2N3O. The number of carbonyl (C=O) groups excluding carboxylic acids is 1. The number of carbonyl (C=O) groups is 1. The topological polar surface area (TPSA) is 44.4 Å². The second kappa shape index (κ2) is 11.6. The third kappa shape index (κ3) is 7.29. The lowest BCUT2D eigenvalue weighted by Crippen LogP contribution is -2.28. The van der Waals surface area contributed by atoms with Crippen molar-refractivity contribution in [3.05, 3.63) is 24.3 Å². The number of anilines is 2. The van der Waals surface area contributed by atoms with Crippen LogP contribution in [-0.4, -0.2) is 32.1 Å². The standard InChI is InChI=1S/C18H29N3O.2ClH/c1-14(2)21(3)17-6-4-5-16(13-17)20-18(22)8-7-15-9-11-19-12-10-15;;/h4-6,13-15,19H,7-12H2,1-3H3,(H,20,22);2*1H. The van der Waals surface area contributed by atoms with E-state index in [2.05, 4.69) is 42.5 Å². The number of hydrogen-bond acceptors (Lipinski definition) is 3. The Morgan fingerprint density at radius 3 is 2.58 bits per heavy atom. The molecule has 0 atom stereocenters. The van der Waals surface area contributed by atoms with Crippen LogP contribution in [0.4, 0.5) is 11.4 Å². The van der Waals surface area contributed by atoms with Gasteiger partial charge in [-0.25, -0.2) is 0 Å². The molecule has 0 aliphatic carbocycles. The maximum atomic E-state index is 12.1. The molecule has 2 rings (SSSR count). The van der Waals surface area contributed by atoms with E-state index in [4.69, 9.17) is 0 Å². The molecule has 1 amide bonds. The van der Waals surface area contributed by atoms with E-state index in [1.54, 1.807) is 0 Å². The molecule has 1 saturated heterocycles. The number of rotatable bonds is 6. The number of amides is 1. The summed E-state index contributed by atoms with van der Waals surface area (Å²) in [5.74, 6) is 0.827. The number of benzene rings is 1. The van der Waals surface area contributed by atoms with Crippen molar-refractivity contribution < 1.29 is 4.79 Å². The van der Waals surface area contributed by atoms with E-state index in [0.717, 1.165) is 30.9 Å². The molecule has 1 fully saturated rings. The summed E-state index contributed by atoms with van der Waals surface area (Å²) in [6.45, 7) is 6.50. The summed E-state index contributed by atoms with van der Waals surface area (Å²) >= 11 is 0. The Bertz CT molecular complexity index is 491. The normalized spacial score (nSPS) is 14.5. The zero-order valence-electron chi connectivity index (χ0n) is 14.9. The lowest BCUT2D eigenvalue weighted by Gasteiger charge is -2.24. The number of hydrogen-bond donors (Lipinski definition) is 2. The molecule has 0 unspecified atom stereocenters. The summed E-state index contributed by atoms with van der Waals surface area (Å²) in [5.41, 5.74) is 2.02. The fourth-order valence-electron chi connectivity index (χ4n) is 2.83. The van der Waals surface area contributed by atoms with Gasteiger partial charge in [0.1, 0.15) is 0 Å². The molecule has 0 bridgehead atoms. The first kappa shape index (κ1) is 23.0. The van der Waals surface area contributed by atoms with Crippen LogP contribution in [0.3, 0.4) is 0 Å². The largest absolute Gasteiger partial charge is 0.372 e. The predicted molar refractivity (Wildman–Crippen MR) is 108 cm³/mol. The number of halogens is 2. The highest BCUT2D eigenvalue weighted by Gasteiger charge is 2.14. The zero-order valence-corrected chi connectivity index (χ0v) is 16.5. The smallest absolute Gasteiger partial charge is 0.224 e. The van der Waals surface area contributed by atoms with Gasteiger partial charge in [-0.1, -0.05) is 6.07 Å². The van der Waals surface area contributed by atoms with Crippen LogP contribution in [-0.2, 0) is 4.79 Å². The van der Waals surface area contributed by atoms with Crippen molar-refractivity contribution in [2.24, 2.45) is 5.92 Å². The maximum Gasteiger partial charge on any atom is 0.224 e. The highest BCUT2D eigenvalue weighted by atomic mass is 35.5. The zero-order chi connectivity index (χ0) is 15.9. The molecule has 1 aromatic rings. The summed E-state index contributed by atoms with van der Waals surface area (Å²) in [6.07, 6.45) is 4.01. The van der Waals surface area contributed by atoms with E-state index >= 15 is 0 Å². The minimum atomic E-state index is 0. The summed E-state index contributed by atoms with van der Waals surface area (Å²) in [4.78, 5) is 14.3. The molecule has 138 valence electrons. The second-order valence-electron chi connectivity index (χ2n) is 6.54. The Balaban J connectivity index is 0.00000264. The quantitative estimate of drug-likeness (QED) is 0.786. The van der Waals surface area contributed by atoms with Crippen molar-refractivity contribution in [3.8, 4) is 0 Å². The van der Waals surface area contributed by atoms with Crippen molar-refractivity contribution >= 4 is 42.1 Å². The molecule has 2 N–H and O–H groups in total. The van der Waals surface area contributed by atoms with Gasteiger partial charge in [-0.15, -0.1) is 24.8 Å². The molecule has 4 nitrogen and oxygen atoms in total. The van der Waals surface area contributed by atoms with Crippen LogP contribution in [0.2, 0.25) is 0 Å². The fourth-order valence-corrected chi connectivity index (χ4v) is 2.83. The Hall–Kier alpha value is -0.970. The summed E-state index contributed by atoms with van der Waals surface area (Å²) in [7, 11) is 2.07. The van der Waals surface area contributed by atoms with Crippen LogP contribution < -0.4 is 15.5 Å². The van der Waals surface area contributed by atoms with Gasteiger partial charge in [-0.2, -0.15) is 0 Å². The molecule has 0 spiro atoms. The molecule has 0 radical (unpaired) electrons. The third-order valence-corrected chi connectivity index (χ3v) is 4.55. The average Bonchev–Trinajstić information content (AvgIpc) is 2.53. The maximum absolute atomic E-state index is 12.1. The van der Waals surface area contributed by atoms with E-state index < -0.39 is 0 Å². The Kier molecular flexibility index (Phi) is 11.1. The minimum Gasteiger partial charge on any atom is -0.372 e. The first-order valence-corrected chi connectivity index (χ1v) is 8.39. The van der Waals surface area contributed by atoms with E-state index in [-0.39, 0.29) is 30.7 Å². The Morgan fingerprint density at radius 1 is 1.29 bits per heavy atom. The van der Waals surface area contributed by atoms with Crippen molar-refractivity contribution in [1.82, 2.24) is 5.32 Å². The van der Waals surface area contributed by atoms with Crippen LogP contribution in [0.15, 0.2) is 24.3 Å². The SMILES string of the molecule is CC(C)N(C)c1cccc(NC(=O)CCC2CCNCC2)c1.Cl.Cl. The molecular weight excluding hydrogens is 345 g/mol. The first-order valence-electron chi connectivity index (χ1n) is 8.39. The van der Waals surface area contributed by atoms with Crippen molar-refractivity contribution in [3.63, 3.8) is 0 Å². The van der Waals surface area contributed by atoms with Crippen molar-refractivity contribution in [1.29, 1.82) is 0 Å². The van der Waals surface area contributed by atoms with Crippen molar-refractivity contribution in [2.75, 3.05) is 30.4 Å². The molecule has 1 aliphatic heterocycles. The molecule has 0 saturated carbocycles. The first-order chi connectivity index (χ1) is 10.6. The van der Waals surface area contributed by atoms with Crippen LogP contribution >= 0.6 is 24.8 Å². The van der Waals surface area contributed by atoms with Gasteiger partial charge in [0.25, 0.3) is 0 Å². The van der Waals surface area contributed by atoms with Gasteiger partial charge in [0.2, 0.25) is 5.91 Å². The van der Waals surface area contributed by atoms with E-state index in [1.807, 2.05) is 18.2 Å². The highest BCUT2D eigenvalue weighted by Crippen LogP contribution is 2.21. The molecule has 6 heteroatoms. The van der Waals surface area contributed by atoms with E-state index in [1.165, 1.54) is 12.8 Å². The Labute approximate surface area is 158 Å². The number of nitrogens with zero attached hydrogens (tertiary/aromatic N) is 1. The lowest BCUT2D eigenvalue weighted by atomic mass is 9.93. The van der Waals surface area contributed by atoms with Gasteiger partial charge < -0.3 is 15.5 Å². The highest BCUT2D eigenvalue weighted by molar-refractivity contribution is 5.91. The van der Waals surface area contributed by atoms with Gasteiger partial charge in [0.15, 0.2) is 0 Å². The average molecular weight is 376 g/mol. The second-order valence-corrected chi connectivity index (χ2v) is 6.54. The van der Waals surface area contributed by atoms with Crippen LogP contribution in [0.5, 0.6) is 0 Å². The van der Waals surface area contributed by atoms with Gasteiger partial charge in [-0.3, -0.25) is 4.79 Å². The molecule has 1 heterocycles. The van der Waals surface area contributed by atoms with Crippen LogP contribution in [0.1, 0.15) is 39.5 Å². The summed E-state index contributed by atoms with van der Waals surface area (Å²) in [5, 5.41) is 6.40. The number of nitrogens with one attached hydrogen (secondary N) is 2. The molecule has 0 aromatic heterocycles. The summed E-state index contributed by atoms with van der Waals surface area (Å²) in [6, 6.07) is 8.51. The summed E-state index contributed by atoms with van der Waals surface area (Å²) < 4.78 is 0. The molecule has 1 aliphatic rings. The van der Waals surface area contributed by atoms with Crippen LogP contribution in [0, 0.1) is 5.92 Å². The fraction of sp³-hybridized carbons (Fsp3) is 0.611. The van der Waals surface area contributed by atoms with Gasteiger partial charge >= 0.3 is 0 Å². The minimum absolute atomic E-state index is 0. The third-order valence-electron chi connectivity index (χ3n) is 4.55. The van der Waals surface area contributed by atoms with Crippen molar-refractivity contribution in [2.45, 2.75) is 45.6 Å². The Morgan fingerprint density at radius 2 is 1.96 bits per heavy atom. The van der Waals surface area contributed by atoms with Crippen LogP contribution in [0.25, 0.3) is 0 Å². The number of piperidine rings is 1.